The van der Waals surface area contributed by atoms with E-state index < -0.39 is 0 Å². The Morgan fingerprint density at radius 2 is 1.86 bits per heavy atom. The van der Waals surface area contributed by atoms with Crippen molar-refractivity contribution in [1.82, 2.24) is 10.3 Å². The van der Waals surface area contributed by atoms with Gasteiger partial charge in [0.05, 0.1) is 0 Å². The van der Waals surface area contributed by atoms with Crippen LogP contribution in [0.25, 0.3) is 10.9 Å². The Balaban J connectivity index is 1.52. The fourth-order valence-corrected chi connectivity index (χ4v) is 2.62. The lowest BCUT2D eigenvalue weighted by molar-refractivity contribution is 0.252. The molecule has 0 saturated carbocycles. The molecule has 0 saturated heterocycles. The molecule has 3 N–H and O–H groups in total. The van der Waals surface area contributed by atoms with Gasteiger partial charge in [-0.25, -0.2) is 4.79 Å². The highest BCUT2D eigenvalue weighted by atomic mass is 79.9. The smallest absolute Gasteiger partial charge is 0.319 e. The molecule has 2 aromatic carbocycles. The van der Waals surface area contributed by atoms with Crippen LogP contribution < -0.4 is 10.6 Å². The molecule has 5 heteroatoms. The van der Waals surface area contributed by atoms with Gasteiger partial charge in [0.2, 0.25) is 0 Å². The number of urea groups is 1. The zero-order valence-corrected chi connectivity index (χ0v) is 13.5. The van der Waals surface area contributed by atoms with Crippen molar-refractivity contribution in [3.05, 3.63) is 64.8 Å². The van der Waals surface area contributed by atoms with Crippen molar-refractivity contribution in [1.29, 1.82) is 0 Å². The third kappa shape index (κ3) is 3.49. The van der Waals surface area contributed by atoms with Crippen molar-refractivity contribution >= 4 is 38.6 Å². The number of hydrogen-bond acceptors (Lipinski definition) is 1. The average Bonchev–Trinajstić information content (AvgIpc) is 2.93. The Morgan fingerprint density at radius 1 is 1.09 bits per heavy atom. The van der Waals surface area contributed by atoms with E-state index in [1.165, 1.54) is 10.9 Å². The quantitative estimate of drug-likeness (QED) is 0.640. The molecule has 0 fully saturated rings. The van der Waals surface area contributed by atoms with Crippen LogP contribution in [0.5, 0.6) is 0 Å². The molecule has 112 valence electrons. The summed E-state index contributed by atoms with van der Waals surface area (Å²) in [6.07, 6.45) is 2.79. The summed E-state index contributed by atoms with van der Waals surface area (Å²) >= 11 is 3.36. The van der Waals surface area contributed by atoms with Crippen LogP contribution in [-0.4, -0.2) is 17.6 Å². The van der Waals surface area contributed by atoms with Gasteiger partial charge in [0.15, 0.2) is 0 Å². The Bertz CT molecular complexity index is 780. The van der Waals surface area contributed by atoms with E-state index in [9.17, 15) is 4.79 Å². The Hall–Kier alpha value is -2.27. The molecule has 0 aliphatic carbocycles. The molecular weight excluding hydrogens is 342 g/mol. The highest BCUT2D eigenvalue weighted by molar-refractivity contribution is 9.10. The van der Waals surface area contributed by atoms with Crippen LogP contribution in [0.1, 0.15) is 5.56 Å². The number of nitrogens with one attached hydrogen (secondary N) is 3. The van der Waals surface area contributed by atoms with E-state index in [0.717, 1.165) is 22.1 Å². The van der Waals surface area contributed by atoms with E-state index in [1.807, 2.05) is 48.7 Å². The van der Waals surface area contributed by atoms with Crippen LogP contribution in [0.2, 0.25) is 0 Å². The van der Waals surface area contributed by atoms with E-state index in [1.54, 1.807) is 0 Å². The number of carbonyl (C=O) groups is 1. The Labute approximate surface area is 137 Å². The van der Waals surface area contributed by atoms with Gasteiger partial charge in [0.1, 0.15) is 0 Å². The number of fused-ring (bicyclic) bond motifs is 1. The molecule has 1 aromatic heterocycles. The third-order valence-corrected chi connectivity index (χ3v) is 3.99. The minimum Gasteiger partial charge on any atom is -0.361 e. The predicted molar refractivity (Wildman–Crippen MR) is 93.2 cm³/mol. The largest absolute Gasteiger partial charge is 0.361 e. The van der Waals surface area contributed by atoms with Crippen molar-refractivity contribution in [3.63, 3.8) is 0 Å². The van der Waals surface area contributed by atoms with E-state index in [2.05, 4.69) is 37.6 Å². The van der Waals surface area contributed by atoms with Gasteiger partial charge in [-0.2, -0.15) is 0 Å². The normalized spacial score (nSPS) is 10.6. The zero-order valence-electron chi connectivity index (χ0n) is 11.9. The number of aromatic amines is 1. The number of amides is 2. The first-order valence-corrected chi connectivity index (χ1v) is 7.87. The molecule has 0 unspecified atom stereocenters. The zero-order chi connectivity index (χ0) is 15.4. The van der Waals surface area contributed by atoms with Gasteiger partial charge in [0, 0.05) is 33.8 Å². The first kappa shape index (κ1) is 14.7. The summed E-state index contributed by atoms with van der Waals surface area (Å²) < 4.78 is 0.984. The van der Waals surface area contributed by atoms with Gasteiger partial charge >= 0.3 is 6.03 Å². The lowest BCUT2D eigenvalue weighted by Crippen LogP contribution is -2.30. The summed E-state index contributed by atoms with van der Waals surface area (Å²) in [7, 11) is 0. The molecule has 0 bridgehead atoms. The van der Waals surface area contributed by atoms with Gasteiger partial charge in [-0.3, -0.25) is 0 Å². The molecular formula is C17H16BrN3O. The SMILES string of the molecule is O=C(NCCc1c[nH]c2ccccc12)Nc1ccc(Br)cc1. The van der Waals surface area contributed by atoms with E-state index in [-0.39, 0.29) is 6.03 Å². The summed E-state index contributed by atoms with van der Waals surface area (Å²) in [6.45, 7) is 0.588. The number of carbonyl (C=O) groups excluding carboxylic acids is 1. The van der Waals surface area contributed by atoms with E-state index in [0.29, 0.717) is 6.54 Å². The highest BCUT2D eigenvalue weighted by Gasteiger charge is 2.04. The standard InChI is InChI=1S/C17H16BrN3O/c18-13-5-7-14(8-6-13)21-17(22)19-10-9-12-11-20-16-4-2-1-3-15(12)16/h1-8,11,20H,9-10H2,(H2,19,21,22). The van der Waals surface area contributed by atoms with Crippen LogP contribution in [0.4, 0.5) is 10.5 Å². The second-order valence-electron chi connectivity index (χ2n) is 5.00. The number of benzene rings is 2. The van der Waals surface area contributed by atoms with Crippen molar-refractivity contribution in [2.45, 2.75) is 6.42 Å². The molecule has 0 radical (unpaired) electrons. The average molecular weight is 358 g/mol. The molecule has 0 aliphatic heterocycles. The van der Waals surface area contributed by atoms with Crippen molar-refractivity contribution < 1.29 is 4.79 Å². The second kappa shape index (κ2) is 6.66. The van der Waals surface area contributed by atoms with Crippen molar-refractivity contribution in [2.75, 3.05) is 11.9 Å². The lowest BCUT2D eigenvalue weighted by atomic mass is 10.1. The van der Waals surface area contributed by atoms with Crippen molar-refractivity contribution in [3.8, 4) is 0 Å². The van der Waals surface area contributed by atoms with Gasteiger partial charge in [-0.15, -0.1) is 0 Å². The summed E-state index contributed by atoms with van der Waals surface area (Å²) in [5.41, 5.74) is 3.10. The van der Waals surface area contributed by atoms with Crippen LogP contribution in [0.15, 0.2) is 59.2 Å². The first-order chi connectivity index (χ1) is 10.7. The topological polar surface area (TPSA) is 56.9 Å². The fraction of sp³-hybridized carbons (Fsp3) is 0.118. The molecule has 1 heterocycles. The summed E-state index contributed by atoms with van der Waals surface area (Å²) in [4.78, 5) is 15.1. The number of para-hydroxylation sites is 1. The minimum atomic E-state index is -0.192. The number of anilines is 1. The molecule has 3 aromatic rings. The fourth-order valence-electron chi connectivity index (χ4n) is 2.36. The van der Waals surface area contributed by atoms with Crippen LogP contribution >= 0.6 is 15.9 Å². The molecule has 2 amide bonds. The van der Waals surface area contributed by atoms with E-state index >= 15 is 0 Å². The van der Waals surface area contributed by atoms with Gasteiger partial charge < -0.3 is 15.6 Å². The lowest BCUT2D eigenvalue weighted by Gasteiger charge is -2.07. The summed E-state index contributed by atoms with van der Waals surface area (Å²) in [5, 5.41) is 6.89. The Morgan fingerprint density at radius 3 is 2.68 bits per heavy atom. The van der Waals surface area contributed by atoms with Crippen LogP contribution in [0, 0.1) is 0 Å². The predicted octanol–water partition coefficient (Wildman–Crippen LogP) is 4.29. The van der Waals surface area contributed by atoms with Gasteiger partial charge in [0.25, 0.3) is 0 Å². The first-order valence-electron chi connectivity index (χ1n) is 7.08. The maximum Gasteiger partial charge on any atom is 0.319 e. The van der Waals surface area contributed by atoms with Crippen LogP contribution in [0.3, 0.4) is 0 Å². The van der Waals surface area contributed by atoms with Crippen molar-refractivity contribution in [2.24, 2.45) is 0 Å². The maximum atomic E-state index is 11.8. The Kier molecular flexibility index (Phi) is 4.44. The van der Waals surface area contributed by atoms with Gasteiger partial charge in [-0.1, -0.05) is 34.1 Å². The van der Waals surface area contributed by atoms with Gasteiger partial charge in [-0.05, 0) is 42.3 Å². The number of hydrogen-bond donors (Lipinski definition) is 3. The second-order valence-corrected chi connectivity index (χ2v) is 5.91. The number of H-pyrrole nitrogens is 1. The third-order valence-electron chi connectivity index (χ3n) is 3.46. The molecule has 22 heavy (non-hydrogen) atoms. The molecule has 0 atom stereocenters. The maximum absolute atomic E-state index is 11.8. The minimum absolute atomic E-state index is 0.192. The monoisotopic (exact) mass is 357 g/mol. The number of aromatic nitrogens is 1. The van der Waals surface area contributed by atoms with Crippen LogP contribution in [-0.2, 0) is 6.42 Å². The van der Waals surface area contributed by atoms with E-state index in [4.69, 9.17) is 0 Å². The highest BCUT2D eigenvalue weighted by Crippen LogP contribution is 2.17. The molecule has 0 aliphatic rings. The summed E-state index contributed by atoms with van der Waals surface area (Å²) in [6, 6.07) is 15.5. The number of rotatable bonds is 4. The summed E-state index contributed by atoms with van der Waals surface area (Å²) in [5.74, 6) is 0. The number of halogens is 1. The molecule has 0 spiro atoms. The molecule has 4 nitrogen and oxygen atoms in total. The molecule has 3 rings (SSSR count).